The second kappa shape index (κ2) is 20.5. The summed E-state index contributed by atoms with van der Waals surface area (Å²) in [4.78, 5) is 2.44. The highest BCUT2D eigenvalue weighted by molar-refractivity contribution is 5.33. The van der Waals surface area contributed by atoms with Gasteiger partial charge < -0.3 is 34.9 Å². The molecule has 2 unspecified atom stereocenters. The third-order valence-corrected chi connectivity index (χ3v) is 5.73. The van der Waals surface area contributed by atoms with Gasteiger partial charge in [-0.1, -0.05) is 27.4 Å². The van der Waals surface area contributed by atoms with Crippen LogP contribution in [0.25, 0.3) is 0 Å². The molecule has 0 heterocycles. The number of allylic oxidation sites excluding steroid dienone is 3. The molecule has 3 N–H and O–H groups in total. The molecule has 37 heavy (non-hydrogen) atoms. The van der Waals surface area contributed by atoms with Crippen LogP contribution < -0.4 is 11.1 Å². The molecule has 0 fully saturated rings. The average molecular weight is 530 g/mol. The lowest BCUT2D eigenvalue weighted by Gasteiger charge is -2.29. The molecule has 0 aromatic rings. The Balaban J connectivity index is 5.45. The molecule has 0 rings (SSSR count). The van der Waals surface area contributed by atoms with E-state index in [4.69, 9.17) is 24.7 Å². The summed E-state index contributed by atoms with van der Waals surface area (Å²) in [5.74, 6) is 0.329. The van der Waals surface area contributed by atoms with E-state index in [0.29, 0.717) is 37.5 Å². The van der Waals surface area contributed by atoms with Crippen molar-refractivity contribution in [2.24, 2.45) is 11.7 Å². The molecule has 0 radical (unpaired) electrons. The second-order valence-corrected chi connectivity index (χ2v) is 10.3. The van der Waals surface area contributed by atoms with Gasteiger partial charge in [-0.25, -0.2) is 4.39 Å². The van der Waals surface area contributed by atoms with Crippen molar-refractivity contribution in [3.63, 3.8) is 0 Å². The Kier molecular flexibility index (Phi) is 19.7. The van der Waals surface area contributed by atoms with Gasteiger partial charge in [0.25, 0.3) is 0 Å². The first-order valence-electron chi connectivity index (χ1n) is 13.8. The lowest BCUT2D eigenvalue weighted by molar-refractivity contribution is -0.0687. The van der Waals surface area contributed by atoms with Crippen molar-refractivity contribution in [2.75, 3.05) is 53.0 Å². The Bertz CT molecular complexity index is 691. The van der Waals surface area contributed by atoms with Gasteiger partial charge in [-0.3, -0.25) is 0 Å². The molecule has 0 aliphatic carbocycles. The number of nitrogens with zero attached hydrogens (tertiary/aromatic N) is 1. The van der Waals surface area contributed by atoms with Gasteiger partial charge in [0.05, 0.1) is 25.4 Å². The van der Waals surface area contributed by atoms with Crippen LogP contribution in [0.1, 0.15) is 74.7 Å². The fourth-order valence-electron chi connectivity index (χ4n) is 3.88. The summed E-state index contributed by atoms with van der Waals surface area (Å²) in [6.07, 6.45) is 1.56. The Morgan fingerprint density at radius 1 is 0.973 bits per heavy atom. The van der Waals surface area contributed by atoms with Crippen LogP contribution in [0.5, 0.6) is 0 Å². The molecule has 2 atom stereocenters. The number of nitrogens with one attached hydrogen (secondary N) is 1. The molecule has 7 nitrogen and oxygen atoms in total. The van der Waals surface area contributed by atoms with E-state index in [1.807, 2.05) is 41.7 Å². The quantitative estimate of drug-likeness (QED) is 0.108. The smallest absolute Gasteiger partial charge is 0.138 e. The molecular formula is C29H56FN3O4. The van der Waals surface area contributed by atoms with Gasteiger partial charge in [-0.2, -0.15) is 0 Å². The standard InChI is InChI=1S/C29H56FN3O4/c1-11-14-33(16-13-32-10)15-12-17-35-26(9)29(36-19-18-34-22(4)5)28(23(6)31)25(8)37-24(7)27(30)20-21(2)3/h21-22,26,29,32H,8,11-20,31H2,1-7,9-10H3/b27-24-,28-23+. The zero-order valence-corrected chi connectivity index (χ0v) is 25.1. The molecule has 8 heteroatoms. The monoisotopic (exact) mass is 529 g/mol. The number of ether oxygens (including phenoxy) is 4. The zero-order valence-electron chi connectivity index (χ0n) is 25.1. The molecule has 218 valence electrons. The van der Waals surface area contributed by atoms with E-state index in [-0.39, 0.29) is 35.5 Å². The van der Waals surface area contributed by atoms with Crippen LogP contribution in [0.15, 0.2) is 35.2 Å². The Hall–Kier alpha value is -1.45. The highest BCUT2D eigenvalue weighted by Crippen LogP contribution is 2.27. The van der Waals surface area contributed by atoms with E-state index in [1.54, 1.807) is 13.8 Å². The van der Waals surface area contributed by atoms with Crippen LogP contribution in [0.4, 0.5) is 4.39 Å². The zero-order chi connectivity index (χ0) is 28.4. The van der Waals surface area contributed by atoms with Gasteiger partial charge in [-0.15, -0.1) is 0 Å². The summed E-state index contributed by atoms with van der Waals surface area (Å²) in [6, 6.07) is 0. The normalized spacial score (nSPS) is 15.2. The fraction of sp³-hybridized carbons (Fsp3) is 0.793. The molecule has 0 amide bonds. The molecule has 0 saturated heterocycles. The van der Waals surface area contributed by atoms with Crippen LogP contribution in [0.3, 0.4) is 0 Å². The van der Waals surface area contributed by atoms with Crippen molar-refractivity contribution in [1.29, 1.82) is 0 Å². The minimum atomic E-state index is -0.537. The predicted octanol–water partition coefficient (Wildman–Crippen LogP) is 5.53. The summed E-state index contributed by atoms with van der Waals surface area (Å²) in [5.41, 5.74) is 7.36. The molecule has 0 aliphatic heterocycles. The maximum Gasteiger partial charge on any atom is 0.138 e. The van der Waals surface area contributed by atoms with Crippen molar-refractivity contribution in [1.82, 2.24) is 10.2 Å². The van der Waals surface area contributed by atoms with Gasteiger partial charge in [0.1, 0.15) is 23.4 Å². The molecule has 0 bridgehead atoms. The third kappa shape index (κ3) is 16.2. The molecule has 0 spiro atoms. The van der Waals surface area contributed by atoms with Crippen molar-refractivity contribution < 1.29 is 23.3 Å². The number of hydrogen-bond acceptors (Lipinski definition) is 7. The number of nitrogens with two attached hydrogens (primary N) is 1. The maximum atomic E-state index is 14.5. The van der Waals surface area contributed by atoms with Crippen LogP contribution in [-0.2, 0) is 18.9 Å². The first-order valence-corrected chi connectivity index (χ1v) is 13.8. The highest BCUT2D eigenvalue weighted by Gasteiger charge is 2.28. The van der Waals surface area contributed by atoms with Gasteiger partial charge in [0.15, 0.2) is 0 Å². The van der Waals surface area contributed by atoms with Crippen molar-refractivity contribution in [3.8, 4) is 0 Å². The SMILES string of the molecule is C=C(O/C(C)=C(\F)CC(C)C)/C(=C(/C)N)C(OCCOC(C)C)C(C)OCCCN(CCC)CCNC. The Labute approximate surface area is 226 Å². The minimum Gasteiger partial charge on any atom is -0.459 e. The van der Waals surface area contributed by atoms with Crippen LogP contribution in [0, 0.1) is 5.92 Å². The van der Waals surface area contributed by atoms with E-state index in [0.717, 1.165) is 39.0 Å². The summed E-state index contributed by atoms with van der Waals surface area (Å²) < 4.78 is 38.5. The number of rotatable bonds is 22. The van der Waals surface area contributed by atoms with Crippen molar-refractivity contribution in [3.05, 3.63) is 35.2 Å². The predicted molar refractivity (Wildman–Crippen MR) is 152 cm³/mol. The largest absolute Gasteiger partial charge is 0.459 e. The van der Waals surface area contributed by atoms with E-state index in [1.165, 1.54) is 0 Å². The molecule has 0 aromatic carbocycles. The average Bonchev–Trinajstić information content (AvgIpc) is 2.80. The maximum absolute atomic E-state index is 14.5. The molecule has 0 aliphatic rings. The van der Waals surface area contributed by atoms with Gasteiger partial charge in [0.2, 0.25) is 0 Å². The second-order valence-electron chi connectivity index (χ2n) is 10.3. The van der Waals surface area contributed by atoms with Gasteiger partial charge in [-0.05, 0) is 67.0 Å². The van der Waals surface area contributed by atoms with Crippen LogP contribution in [0.2, 0.25) is 0 Å². The molecular weight excluding hydrogens is 473 g/mol. The third-order valence-electron chi connectivity index (χ3n) is 5.73. The molecule has 0 aromatic heterocycles. The Morgan fingerprint density at radius 2 is 1.62 bits per heavy atom. The molecule has 0 saturated carbocycles. The van der Waals surface area contributed by atoms with Crippen molar-refractivity contribution in [2.45, 2.75) is 93.0 Å². The minimum absolute atomic E-state index is 0.103. The van der Waals surface area contributed by atoms with E-state index in [9.17, 15) is 4.39 Å². The summed E-state index contributed by atoms with van der Waals surface area (Å²) >= 11 is 0. The Morgan fingerprint density at radius 3 is 2.16 bits per heavy atom. The van der Waals surface area contributed by atoms with Crippen LogP contribution in [-0.4, -0.2) is 76.3 Å². The van der Waals surface area contributed by atoms with E-state index < -0.39 is 6.10 Å². The number of halogens is 1. The number of likely N-dealkylation sites (N-methyl/N-ethyl adjacent to an activating group) is 1. The van der Waals surface area contributed by atoms with E-state index >= 15 is 0 Å². The fourth-order valence-corrected chi connectivity index (χ4v) is 3.88. The lowest BCUT2D eigenvalue weighted by atomic mass is 10.0. The first-order chi connectivity index (χ1) is 17.4. The topological polar surface area (TPSA) is 78.2 Å². The lowest BCUT2D eigenvalue weighted by Crippen LogP contribution is -2.36. The highest BCUT2D eigenvalue weighted by atomic mass is 19.1. The first kappa shape index (κ1) is 35.5. The van der Waals surface area contributed by atoms with Gasteiger partial charge >= 0.3 is 0 Å². The van der Waals surface area contributed by atoms with Crippen molar-refractivity contribution >= 4 is 0 Å². The number of hydrogen-bond donors (Lipinski definition) is 2. The summed E-state index contributed by atoms with van der Waals surface area (Å²) in [6.45, 7) is 24.8. The van der Waals surface area contributed by atoms with E-state index in [2.05, 4.69) is 23.7 Å². The summed E-state index contributed by atoms with van der Waals surface area (Å²) in [5, 5.41) is 3.21. The van der Waals surface area contributed by atoms with Gasteiger partial charge in [0, 0.05) is 43.9 Å². The summed E-state index contributed by atoms with van der Waals surface area (Å²) in [7, 11) is 1.97. The van der Waals surface area contributed by atoms with Crippen LogP contribution >= 0.6 is 0 Å².